The molecule has 0 atom stereocenters. The van der Waals surface area contributed by atoms with E-state index >= 15 is 0 Å². The summed E-state index contributed by atoms with van der Waals surface area (Å²) in [5, 5.41) is 0.928. The molecule has 0 aliphatic carbocycles. The van der Waals surface area contributed by atoms with Gasteiger partial charge in [-0.05, 0) is 17.5 Å². The highest BCUT2D eigenvalue weighted by Gasteiger charge is 1.93. The van der Waals surface area contributed by atoms with E-state index in [1.165, 1.54) is 11.1 Å². The number of hydrogen-bond donors (Lipinski definition) is 0. The molecule has 0 aliphatic heterocycles. The summed E-state index contributed by atoms with van der Waals surface area (Å²) in [6.45, 7) is 2.15. The zero-order valence-electron chi connectivity index (χ0n) is 7.26. The van der Waals surface area contributed by atoms with Gasteiger partial charge in [0.2, 0.25) is 0 Å². The summed E-state index contributed by atoms with van der Waals surface area (Å²) >= 11 is 3.47. The van der Waals surface area contributed by atoms with Crippen LogP contribution in [0.5, 0.6) is 0 Å². The Kier molecular flexibility index (Phi) is 4.09. The van der Waals surface area contributed by atoms with Gasteiger partial charge >= 0.3 is 0 Å². The van der Waals surface area contributed by atoms with Crippen LogP contribution in [-0.4, -0.2) is 0 Å². The van der Waals surface area contributed by atoms with Crippen LogP contribution in [0.1, 0.15) is 24.5 Å². The van der Waals surface area contributed by atoms with Gasteiger partial charge in [0.1, 0.15) is 0 Å². The normalized spacial score (nSPS) is 10.8. The quantitative estimate of drug-likeness (QED) is 0.682. The van der Waals surface area contributed by atoms with Gasteiger partial charge in [0.15, 0.2) is 0 Å². The average molecular weight is 225 g/mol. The van der Waals surface area contributed by atoms with Gasteiger partial charge < -0.3 is 0 Å². The molecule has 0 fully saturated rings. The number of benzene rings is 1. The largest absolute Gasteiger partial charge is 0.0876 e. The Bertz CT molecular complexity index is 263. The van der Waals surface area contributed by atoms with E-state index < -0.39 is 0 Å². The van der Waals surface area contributed by atoms with Crippen molar-refractivity contribution in [2.45, 2.75) is 18.7 Å². The van der Waals surface area contributed by atoms with Crippen LogP contribution in [0.3, 0.4) is 0 Å². The van der Waals surface area contributed by atoms with Crippen LogP contribution in [0, 0.1) is 0 Å². The maximum absolute atomic E-state index is 3.47. The first-order valence-electron chi connectivity index (χ1n) is 4.19. The standard InChI is InChI=1S/C11H13Br/c1-2-3-6-10-7-4-5-8-11(10)9-12/h3-8H,2,9H2,1H3/b6-3-. The number of alkyl halides is 1. The van der Waals surface area contributed by atoms with Crippen LogP contribution in [0.25, 0.3) is 6.08 Å². The van der Waals surface area contributed by atoms with E-state index in [9.17, 15) is 0 Å². The summed E-state index contributed by atoms with van der Waals surface area (Å²) in [6.07, 6.45) is 5.45. The molecule has 1 aromatic carbocycles. The smallest absolute Gasteiger partial charge is 0.0288 e. The van der Waals surface area contributed by atoms with Gasteiger partial charge in [0.25, 0.3) is 0 Å². The summed E-state index contributed by atoms with van der Waals surface area (Å²) in [6, 6.07) is 8.42. The van der Waals surface area contributed by atoms with E-state index in [1.807, 2.05) is 0 Å². The Morgan fingerprint density at radius 2 is 2.08 bits per heavy atom. The van der Waals surface area contributed by atoms with Crippen molar-refractivity contribution in [3.8, 4) is 0 Å². The van der Waals surface area contributed by atoms with Crippen LogP contribution < -0.4 is 0 Å². The lowest BCUT2D eigenvalue weighted by atomic mass is 10.1. The van der Waals surface area contributed by atoms with Crippen LogP contribution in [-0.2, 0) is 5.33 Å². The van der Waals surface area contributed by atoms with E-state index in [0.29, 0.717) is 0 Å². The molecule has 1 rings (SSSR count). The van der Waals surface area contributed by atoms with Crippen LogP contribution in [0.2, 0.25) is 0 Å². The van der Waals surface area contributed by atoms with Gasteiger partial charge in [-0.3, -0.25) is 0 Å². The third kappa shape index (κ3) is 2.49. The second-order valence-electron chi connectivity index (χ2n) is 2.64. The Morgan fingerprint density at radius 1 is 1.33 bits per heavy atom. The molecular formula is C11H13Br. The summed E-state index contributed by atoms with van der Waals surface area (Å²) in [5.41, 5.74) is 2.67. The Hall–Kier alpha value is -0.560. The van der Waals surface area contributed by atoms with Gasteiger partial charge in [-0.25, -0.2) is 0 Å². The predicted molar refractivity (Wildman–Crippen MR) is 58.4 cm³/mol. The molecular weight excluding hydrogens is 212 g/mol. The molecule has 0 amide bonds. The molecule has 12 heavy (non-hydrogen) atoms. The first-order valence-corrected chi connectivity index (χ1v) is 5.31. The van der Waals surface area contributed by atoms with Crippen molar-refractivity contribution in [2.24, 2.45) is 0 Å². The van der Waals surface area contributed by atoms with Gasteiger partial charge in [0, 0.05) is 5.33 Å². The lowest BCUT2D eigenvalue weighted by molar-refractivity contribution is 1.23. The van der Waals surface area contributed by atoms with Gasteiger partial charge in [-0.2, -0.15) is 0 Å². The van der Waals surface area contributed by atoms with Gasteiger partial charge in [0.05, 0.1) is 0 Å². The molecule has 0 nitrogen and oxygen atoms in total. The highest BCUT2D eigenvalue weighted by atomic mass is 79.9. The zero-order valence-corrected chi connectivity index (χ0v) is 8.84. The monoisotopic (exact) mass is 224 g/mol. The summed E-state index contributed by atoms with van der Waals surface area (Å²) in [5.74, 6) is 0. The minimum absolute atomic E-state index is 0.928. The molecule has 64 valence electrons. The van der Waals surface area contributed by atoms with Crippen molar-refractivity contribution in [1.29, 1.82) is 0 Å². The molecule has 1 aromatic rings. The first-order chi connectivity index (χ1) is 5.88. The number of hydrogen-bond acceptors (Lipinski definition) is 0. The minimum atomic E-state index is 0.928. The van der Waals surface area contributed by atoms with Crippen molar-refractivity contribution >= 4 is 22.0 Å². The maximum Gasteiger partial charge on any atom is 0.0288 e. The fraction of sp³-hybridized carbons (Fsp3) is 0.273. The van der Waals surface area contributed by atoms with E-state index in [-0.39, 0.29) is 0 Å². The van der Waals surface area contributed by atoms with E-state index in [2.05, 4.69) is 59.3 Å². The molecule has 0 aliphatic rings. The summed E-state index contributed by atoms with van der Waals surface area (Å²) in [4.78, 5) is 0. The topological polar surface area (TPSA) is 0 Å². The van der Waals surface area contributed by atoms with E-state index in [4.69, 9.17) is 0 Å². The lowest BCUT2D eigenvalue weighted by Crippen LogP contribution is -1.81. The molecule has 0 spiro atoms. The van der Waals surface area contributed by atoms with Crippen LogP contribution in [0.4, 0.5) is 0 Å². The number of rotatable bonds is 3. The highest BCUT2D eigenvalue weighted by molar-refractivity contribution is 9.08. The molecule has 0 bridgehead atoms. The maximum atomic E-state index is 3.47. The third-order valence-corrected chi connectivity index (χ3v) is 2.34. The average Bonchev–Trinajstić information content (AvgIpc) is 2.15. The van der Waals surface area contributed by atoms with Crippen LogP contribution in [0.15, 0.2) is 30.3 Å². The number of allylic oxidation sites excluding steroid dienone is 1. The fourth-order valence-corrected chi connectivity index (χ4v) is 1.57. The summed E-state index contributed by atoms with van der Waals surface area (Å²) < 4.78 is 0. The SMILES string of the molecule is CC/C=C\c1ccccc1CBr. The second kappa shape index (κ2) is 5.15. The van der Waals surface area contributed by atoms with E-state index in [1.54, 1.807) is 0 Å². The van der Waals surface area contributed by atoms with Crippen molar-refractivity contribution in [2.75, 3.05) is 0 Å². The highest BCUT2D eigenvalue weighted by Crippen LogP contribution is 2.13. The molecule has 1 heteroatoms. The van der Waals surface area contributed by atoms with Gasteiger partial charge in [-0.1, -0.05) is 59.3 Å². The van der Waals surface area contributed by atoms with Crippen molar-refractivity contribution in [3.63, 3.8) is 0 Å². The van der Waals surface area contributed by atoms with Crippen molar-refractivity contribution in [1.82, 2.24) is 0 Å². The second-order valence-corrected chi connectivity index (χ2v) is 3.20. The Morgan fingerprint density at radius 3 is 2.75 bits per heavy atom. The molecule has 0 unspecified atom stereocenters. The van der Waals surface area contributed by atoms with Gasteiger partial charge in [-0.15, -0.1) is 0 Å². The Balaban J connectivity index is 2.89. The first kappa shape index (κ1) is 9.53. The molecule has 0 N–H and O–H groups in total. The summed E-state index contributed by atoms with van der Waals surface area (Å²) in [7, 11) is 0. The Labute approximate surface area is 82.4 Å². The molecule has 0 saturated heterocycles. The van der Waals surface area contributed by atoms with E-state index in [0.717, 1.165) is 11.8 Å². The molecule has 0 aromatic heterocycles. The number of halogens is 1. The third-order valence-electron chi connectivity index (χ3n) is 1.73. The van der Waals surface area contributed by atoms with Crippen LogP contribution >= 0.6 is 15.9 Å². The fourth-order valence-electron chi connectivity index (χ4n) is 1.06. The molecule has 0 saturated carbocycles. The predicted octanol–water partition coefficient (Wildman–Crippen LogP) is 4.00. The molecule has 0 heterocycles. The lowest BCUT2D eigenvalue weighted by Gasteiger charge is -2.00. The molecule has 0 radical (unpaired) electrons. The minimum Gasteiger partial charge on any atom is -0.0876 e. The van der Waals surface area contributed by atoms with Crippen molar-refractivity contribution in [3.05, 3.63) is 41.5 Å². The van der Waals surface area contributed by atoms with Crippen molar-refractivity contribution < 1.29 is 0 Å². The zero-order chi connectivity index (χ0) is 8.81.